The highest BCUT2D eigenvalue weighted by molar-refractivity contribution is 5.76. The Balaban J connectivity index is 4.18. The number of aliphatic carboxylic acids is 1. The van der Waals surface area contributed by atoms with Crippen molar-refractivity contribution in [2.45, 2.75) is 13.8 Å². The van der Waals surface area contributed by atoms with E-state index in [9.17, 15) is 9.59 Å². The average molecular weight is 212 g/mol. The number of nitrogens with zero attached hydrogens (tertiary/aromatic N) is 1. The second kappa shape index (κ2) is 6.71. The molecule has 5 heteroatoms. The predicted molar refractivity (Wildman–Crippen MR) is 56.3 cm³/mol. The summed E-state index contributed by atoms with van der Waals surface area (Å²) in [7, 11) is 0. The molecule has 15 heavy (non-hydrogen) atoms. The molecule has 2 N–H and O–H groups in total. The van der Waals surface area contributed by atoms with Gasteiger partial charge in [-0.2, -0.15) is 0 Å². The topological polar surface area (TPSA) is 69.6 Å². The number of urea groups is 1. The molecular weight excluding hydrogens is 196 g/mol. The molecular formula is C10H16N2O3. The maximum absolute atomic E-state index is 11.4. The first kappa shape index (κ1) is 13.3. The van der Waals surface area contributed by atoms with E-state index in [0.717, 1.165) is 0 Å². The van der Waals surface area contributed by atoms with Gasteiger partial charge in [0, 0.05) is 13.1 Å². The zero-order valence-electron chi connectivity index (χ0n) is 8.99. The van der Waals surface area contributed by atoms with Crippen LogP contribution in [0, 0.1) is 18.3 Å². The van der Waals surface area contributed by atoms with Gasteiger partial charge in [-0.05, 0) is 6.92 Å². The van der Waals surface area contributed by atoms with E-state index in [1.807, 2.05) is 0 Å². The summed E-state index contributed by atoms with van der Waals surface area (Å²) in [6.07, 6.45) is 4.99. The van der Waals surface area contributed by atoms with Crippen LogP contribution in [-0.2, 0) is 4.79 Å². The summed E-state index contributed by atoms with van der Waals surface area (Å²) in [4.78, 5) is 23.4. The summed E-state index contributed by atoms with van der Waals surface area (Å²) >= 11 is 0. The molecule has 2 amide bonds. The van der Waals surface area contributed by atoms with Gasteiger partial charge in [-0.1, -0.05) is 12.8 Å². The lowest BCUT2D eigenvalue weighted by Crippen LogP contribution is -2.43. The highest BCUT2D eigenvalue weighted by atomic mass is 16.4. The Bertz CT molecular complexity index is 270. The predicted octanol–water partition coefficient (Wildman–Crippen LogP) is 0.372. The first-order chi connectivity index (χ1) is 7.02. The molecule has 0 fully saturated rings. The van der Waals surface area contributed by atoms with Crippen LogP contribution in [0.3, 0.4) is 0 Å². The van der Waals surface area contributed by atoms with E-state index < -0.39 is 11.9 Å². The number of amides is 2. The number of hydrogen-bond donors (Lipinski definition) is 2. The third-order valence-electron chi connectivity index (χ3n) is 1.93. The van der Waals surface area contributed by atoms with Crippen molar-refractivity contribution in [2.24, 2.45) is 5.92 Å². The highest BCUT2D eigenvalue weighted by Crippen LogP contribution is 2.00. The van der Waals surface area contributed by atoms with Gasteiger partial charge in [0.25, 0.3) is 0 Å². The van der Waals surface area contributed by atoms with E-state index in [4.69, 9.17) is 11.5 Å². The number of carbonyl (C=O) groups is 2. The summed E-state index contributed by atoms with van der Waals surface area (Å²) < 4.78 is 0. The van der Waals surface area contributed by atoms with E-state index in [0.29, 0.717) is 6.54 Å². The molecule has 0 aromatic carbocycles. The Kier molecular flexibility index (Phi) is 5.95. The monoisotopic (exact) mass is 212 g/mol. The van der Waals surface area contributed by atoms with Gasteiger partial charge in [0.15, 0.2) is 0 Å². The van der Waals surface area contributed by atoms with Gasteiger partial charge in [-0.15, -0.1) is 6.42 Å². The van der Waals surface area contributed by atoms with Gasteiger partial charge < -0.3 is 15.3 Å². The number of nitrogens with one attached hydrogen (secondary N) is 1. The normalized spacial score (nSPS) is 11.3. The van der Waals surface area contributed by atoms with Crippen molar-refractivity contribution in [3.63, 3.8) is 0 Å². The Morgan fingerprint density at radius 2 is 2.20 bits per heavy atom. The van der Waals surface area contributed by atoms with Crippen LogP contribution in [0.25, 0.3) is 0 Å². The van der Waals surface area contributed by atoms with Crippen LogP contribution >= 0.6 is 0 Å². The lowest BCUT2D eigenvalue weighted by atomic mass is 10.2. The number of hydrogen-bond acceptors (Lipinski definition) is 2. The molecule has 0 rings (SSSR count). The van der Waals surface area contributed by atoms with Crippen molar-refractivity contribution in [3.05, 3.63) is 0 Å². The Labute approximate surface area is 89.4 Å². The number of rotatable bonds is 5. The van der Waals surface area contributed by atoms with Crippen LogP contribution in [0.1, 0.15) is 13.8 Å². The second-order valence-corrected chi connectivity index (χ2v) is 3.14. The Morgan fingerprint density at radius 3 is 2.60 bits per heavy atom. The number of carbonyl (C=O) groups excluding carboxylic acids is 1. The van der Waals surface area contributed by atoms with Crippen LogP contribution in [0.2, 0.25) is 0 Å². The highest BCUT2D eigenvalue weighted by Gasteiger charge is 2.18. The van der Waals surface area contributed by atoms with E-state index in [1.165, 1.54) is 4.90 Å². The molecule has 1 atom stereocenters. The van der Waals surface area contributed by atoms with Crippen molar-refractivity contribution in [3.8, 4) is 12.3 Å². The molecule has 0 spiro atoms. The summed E-state index contributed by atoms with van der Waals surface area (Å²) in [6.45, 7) is 4.12. The van der Waals surface area contributed by atoms with E-state index in [2.05, 4.69) is 11.2 Å². The molecule has 5 nitrogen and oxygen atoms in total. The first-order valence-electron chi connectivity index (χ1n) is 4.72. The van der Waals surface area contributed by atoms with Gasteiger partial charge in [0.05, 0.1) is 12.5 Å². The van der Waals surface area contributed by atoms with Crippen LogP contribution in [0.4, 0.5) is 4.79 Å². The minimum atomic E-state index is -0.918. The smallest absolute Gasteiger partial charge is 0.318 e. The summed E-state index contributed by atoms with van der Waals surface area (Å²) in [5, 5.41) is 11.2. The molecule has 1 unspecified atom stereocenters. The van der Waals surface area contributed by atoms with Crippen molar-refractivity contribution in [2.75, 3.05) is 19.6 Å². The fourth-order valence-electron chi connectivity index (χ4n) is 1.00. The molecule has 0 aliphatic heterocycles. The number of carboxylic acid groups (broad SMARTS) is 1. The van der Waals surface area contributed by atoms with Crippen LogP contribution < -0.4 is 5.32 Å². The summed E-state index contributed by atoms with van der Waals surface area (Å²) in [6, 6.07) is -0.330. The zero-order valence-corrected chi connectivity index (χ0v) is 8.99. The molecule has 0 saturated heterocycles. The first-order valence-corrected chi connectivity index (χ1v) is 4.72. The SMILES string of the molecule is C#CCNC(=O)N(CC)CC(C)C(=O)O. The molecule has 0 aliphatic carbocycles. The molecule has 0 aromatic rings. The number of terminal acetylenes is 1. The van der Waals surface area contributed by atoms with Gasteiger partial charge in [-0.25, -0.2) is 4.79 Å². The third kappa shape index (κ3) is 4.91. The van der Waals surface area contributed by atoms with Crippen LogP contribution in [0.15, 0.2) is 0 Å². The van der Waals surface area contributed by atoms with E-state index >= 15 is 0 Å². The van der Waals surface area contributed by atoms with E-state index in [1.54, 1.807) is 13.8 Å². The minimum absolute atomic E-state index is 0.150. The average Bonchev–Trinajstić information content (AvgIpc) is 2.21. The molecule has 0 aliphatic rings. The number of carboxylic acids is 1. The molecule has 84 valence electrons. The van der Waals surface area contributed by atoms with Crippen LogP contribution in [0.5, 0.6) is 0 Å². The van der Waals surface area contributed by atoms with Crippen molar-refractivity contribution in [1.82, 2.24) is 10.2 Å². The Hall–Kier alpha value is -1.70. The van der Waals surface area contributed by atoms with Crippen molar-refractivity contribution >= 4 is 12.0 Å². The van der Waals surface area contributed by atoms with Gasteiger partial charge in [-0.3, -0.25) is 4.79 Å². The molecule has 0 saturated carbocycles. The second-order valence-electron chi connectivity index (χ2n) is 3.14. The van der Waals surface area contributed by atoms with Gasteiger partial charge in [0.2, 0.25) is 0 Å². The molecule has 0 heterocycles. The van der Waals surface area contributed by atoms with Gasteiger partial charge >= 0.3 is 12.0 Å². The zero-order chi connectivity index (χ0) is 11.8. The quantitative estimate of drug-likeness (QED) is 0.647. The van der Waals surface area contributed by atoms with Crippen LogP contribution in [-0.4, -0.2) is 41.6 Å². The maximum atomic E-state index is 11.4. The fraction of sp³-hybridized carbons (Fsp3) is 0.600. The minimum Gasteiger partial charge on any atom is -0.481 e. The standard InChI is InChI=1S/C10H16N2O3/c1-4-6-11-10(15)12(5-2)7-8(3)9(13)14/h1,8H,5-7H2,2-3H3,(H,11,15)(H,13,14). The molecule has 0 aromatic heterocycles. The largest absolute Gasteiger partial charge is 0.481 e. The van der Waals surface area contributed by atoms with E-state index in [-0.39, 0.29) is 19.1 Å². The summed E-state index contributed by atoms with van der Waals surface area (Å²) in [5.74, 6) is 0.778. The fourth-order valence-corrected chi connectivity index (χ4v) is 1.00. The lowest BCUT2D eigenvalue weighted by Gasteiger charge is -2.22. The van der Waals surface area contributed by atoms with Gasteiger partial charge in [0.1, 0.15) is 0 Å². The van der Waals surface area contributed by atoms with Crippen molar-refractivity contribution < 1.29 is 14.7 Å². The van der Waals surface area contributed by atoms with Crippen molar-refractivity contribution in [1.29, 1.82) is 0 Å². The third-order valence-corrected chi connectivity index (χ3v) is 1.93. The summed E-state index contributed by atoms with van der Waals surface area (Å²) in [5.41, 5.74) is 0. The molecule has 0 bridgehead atoms. The Morgan fingerprint density at radius 1 is 1.60 bits per heavy atom. The molecule has 0 radical (unpaired) electrons. The maximum Gasteiger partial charge on any atom is 0.318 e. The lowest BCUT2D eigenvalue weighted by molar-refractivity contribution is -0.141.